The van der Waals surface area contributed by atoms with E-state index in [-0.39, 0.29) is 5.56 Å². The highest BCUT2D eigenvalue weighted by Crippen LogP contribution is 2.34. The summed E-state index contributed by atoms with van der Waals surface area (Å²) >= 11 is 0. The fraction of sp³-hybridized carbons (Fsp3) is 0.385. The van der Waals surface area contributed by atoms with Gasteiger partial charge in [-0.1, -0.05) is 0 Å². The monoisotopic (exact) mass is 245 g/mol. The number of carbonyl (C=O) groups is 1. The second kappa shape index (κ2) is 4.22. The largest absolute Gasteiger partial charge is 0.478 e. The molecule has 1 aliphatic heterocycles. The first-order valence-corrected chi connectivity index (χ1v) is 5.76. The number of carboxylic acids is 1. The summed E-state index contributed by atoms with van der Waals surface area (Å²) in [4.78, 5) is 12.9. The molecule has 0 radical (unpaired) electrons. The topological polar surface area (TPSA) is 76.4 Å². The fourth-order valence-electron chi connectivity index (χ4n) is 2.10. The lowest BCUT2D eigenvalue weighted by Gasteiger charge is -2.39. The Kier molecular flexibility index (Phi) is 2.87. The first kappa shape index (κ1) is 12.2. The van der Waals surface area contributed by atoms with E-state index >= 15 is 0 Å². The van der Waals surface area contributed by atoms with Crippen molar-refractivity contribution < 1.29 is 9.90 Å². The van der Waals surface area contributed by atoms with Gasteiger partial charge < -0.3 is 15.3 Å². The molecule has 1 heterocycles. The van der Waals surface area contributed by atoms with Crippen LogP contribution in [-0.2, 0) is 0 Å². The first-order valence-electron chi connectivity index (χ1n) is 5.76. The van der Waals surface area contributed by atoms with Crippen molar-refractivity contribution in [1.82, 2.24) is 0 Å². The predicted octanol–water partition coefficient (Wildman–Crippen LogP) is 1.92. The Labute approximate surface area is 106 Å². The molecular weight excluding hydrogens is 230 g/mol. The van der Waals surface area contributed by atoms with Crippen molar-refractivity contribution in [3.63, 3.8) is 0 Å². The zero-order chi connectivity index (χ0) is 13.3. The van der Waals surface area contributed by atoms with Crippen molar-refractivity contribution in [2.45, 2.75) is 19.4 Å². The van der Waals surface area contributed by atoms with E-state index in [4.69, 9.17) is 5.11 Å². The average Bonchev–Trinajstić information content (AvgIpc) is 2.37. The molecule has 0 aromatic heterocycles. The molecule has 2 N–H and O–H groups in total. The van der Waals surface area contributed by atoms with Crippen LogP contribution in [0.2, 0.25) is 0 Å². The van der Waals surface area contributed by atoms with Crippen LogP contribution in [0.25, 0.3) is 0 Å². The molecule has 0 bridgehead atoms. The molecule has 0 amide bonds. The van der Waals surface area contributed by atoms with Gasteiger partial charge in [-0.25, -0.2) is 4.79 Å². The van der Waals surface area contributed by atoms with Crippen LogP contribution >= 0.6 is 0 Å². The summed E-state index contributed by atoms with van der Waals surface area (Å²) in [5, 5.41) is 21.5. The molecule has 1 aromatic carbocycles. The SMILES string of the molecule is CC(C)(C#N)N1CCNc2ccc(C(=O)O)cc21. The van der Waals surface area contributed by atoms with E-state index in [0.717, 1.165) is 17.9 Å². The molecule has 94 valence electrons. The van der Waals surface area contributed by atoms with E-state index < -0.39 is 11.5 Å². The summed E-state index contributed by atoms with van der Waals surface area (Å²) in [6.45, 7) is 5.08. The zero-order valence-corrected chi connectivity index (χ0v) is 10.4. The van der Waals surface area contributed by atoms with Gasteiger partial charge in [-0.3, -0.25) is 0 Å². The first-order chi connectivity index (χ1) is 8.45. The minimum Gasteiger partial charge on any atom is -0.478 e. The van der Waals surface area contributed by atoms with Crippen LogP contribution in [0.1, 0.15) is 24.2 Å². The summed E-state index contributed by atoms with van der Waals surface area (Å²) in [6, 6.07) is 7.18. The van der Waals surface area contributed by atoms with E-state index in [1.54, 1.807) is 18.2 Å². The number of nitrogens with one attached hydrogen (secondary N) is 1. The van der Waals surface area contributed by atoms with Crippen molar-refractivity contribution >= 4 is 17.3 Å². The van der Waals surface area contributed by atoms with Gasteiger partial charge in [0.25, 0.3) is 0 Å². The maximum atomic E-state index is 11.0. The maximum Gasteiger partial charge on any atom is 0.335 e. The molecule has 18 heavy (non-hydrogen) atoms. The van der Waals surface area contributed by atoms with Crippen LogP contribution in [0, 0.1) is 11.3 Å². The van der Waals surface area contributed by atoms with E-state index in [9.17, 15) is 10.1 Å². The number of nitriles is 1. The van der Waals surface area contributed by atoms with Gasteiger partial charge in [0.15, 0.2) is 0 Å². The van der Waals surface area contributed by atoms with Crippen LogP contribution in [0.5, 0.6) is 0 Å². The highest BCUT2D eigenvalue weighted by atomic mass is 16.4. The highest BCUT2D eigenvalue weighted by molar-refractivity contribution is 5.91. The molecule has 0 saturated heterocycles. The summed E-state index contributed by atoms with van der Waals surface area (Å²) in [7, 11) is 0. The Bertz CT molecular complexity index is 532. The Morgan fingerprint density at radius 2 is 2.28 bits per heavy atom. The number of nitrogens with zero attached hydrogens (tertiary/aromatic N) is 2. The quantitative estimate of drug-likeness (QED) is 0.832. The Hall–Kier alpha value is -2.22. The number of anilines is 2. The standard InChI is InChI=1S/C13H15N3O2/c1-13(2,8-14)16-6-5-15-10-4-3-9(12(17)18)7-11(10)16/h3-4,7,15H,5-6H2,1-2H3,(H,17,18). The molecule has 0 saturated carbocycles. The molecule has 5 heteroatoms. The van der Waals surface area contributed by atoms with Gasteiger partial charge in [-0.15, -0.1) is 0 Å². The van der Waals surface area contributed by atoms with E-state index in [2.05, 4.69) is 11.4 Å². The number of carboxylic acid groups (broad SMARTS) is 1. The minimum absolute atomic E-state index is 0.233. The number of fused-ring (bicyclic) bond motifs is 1. The molecule has 1 aliphatic rings. The van der Waals surface area contributed by atoms with E-state index in [1.807, 2.05) is 18.7 Å². The molecular formula is C13H15N3O2. The van der Waals surface area contributed by atoms with E-state index in [1.165, 1.54) is 0 Å². The van der Waals surface area contributed by atoms with Gasteiger partial charge in [0.2, 0.25) is 0 Å². The predicted molar refractivity (Wildman–Crippen MR) is 68.9 cm³/mol. The van der Waals surface area contributed by atoms with Crippen LogP contribution in [0.15, 0.2) is 18.2 Å². The molecule has 5 nitrogen and oxygen atoms in total. The number of hydrogen-bond donors (Lipinski definition) is 2. The zero-order valence-electron chi connectivity index (χ0n) is 10.4. The lowest BCUT2D eigenvalue weighted by atomic mass is 10.0. The average molecular weight is 245 g/mol. The van der Waals surface area contributed by atoms with Crippen LogP contribution in [-0.4, -0.2) is 29.7 Å². The fourth-order valence-corrected chi connectivity index (χ4v) is 2.10. The highest BCUT2D eigenvalue weighted by Gasteiger charge is 2.30. The van der Waals surface area contributed by atoms with Crippen LogP contribution in [0.3, 0.4) is 0 Å². The third-order valence-corrected chi connectivity index (χ3v) is 3.13. The van der Waals surface area contributed by atoms with Crippen LogP contribution < -0.4 is 10.2 Å². The van der Waals surface area contributed by atoms with Gasteiger partial charge in [-0.2, -0.15) is 5.26 Å². The maximum absolute atomic E-state index is 11.0. The van der Waals surface area contributed by atoms with E-state index in [0.29, 0.717) is 6.54 Å². The minimum atomic E-state index is -0.960. The summed E-state index contributed by atoms with van der Waals surface area (Å²) < 4.78 is 0. The number of benzene rings is 1. The molecule has 0 spiro atoms. The van der Waals surface area contributed by atoms with Gasteiger partial charge in [0, 0.05) is 13.1 Å². The molecule has 2 rings (SSSR count). The molecule has 1 aromatic rings. The molecule has 0 unspecified atom stereocenters. The second-order valence-electron chi connectivity index (χ2n) is 4.79. The summed E-state index contributed by atoms with van der Waals surface area (Å²) in [5.41, 5.74) is 1.21. The summed E-state index contributed by atoms with van der Waals surface area (Å²) in [6.07, 6.45) is 0. The smallest absolute Gasteiger partial charge is 0.335 e. The molecule has 0 aliphatic carbocycles. The van der Waals surface area contributed by atoms with Crippen molar-refractivity contribution in [1.29, 1.82) is 5.26 Å². The number of aromatic carboxylic acids is 1. The second-order valence-corrected chi connectivity index (χ2v) is 4.79. The van der Waals surface area contributed by atoms with Crippen molar-refractivity contribution in [2.24, 2.45) is 0 Å². The van der Waals surface area contributed by atoms with Crippen molar-refractivity contribution in [3.05, 3.63) is 23.8 Å². The van der Waals surface area contributed by atoms with Crippen molar-refractivity contribution in [2.75, 3.05) is 23.3 Å². The van der Waals surface area contributed by atoms with Gasteiger partial charge in [0.1, 0.15) is 5.54 Å². The Balaban J connectivity index is 2.51. The number of hydrogen-bond acceptors (Lipinski definition) is 4. The van der Waals surface area contributed by atoms with Gasteiger partial charge in [0.05, 0.1) is 23.0 Å². The Morgan fingerprint density at radius 3 is 2.89 bits per heavy atom. The lowest BCUT2D eigenvalue weighted by Crippen LogP contribution is -2.47. The van der Waals surface area contributed by atoms with Crippen molar-refractivity contribution in [3.8, 4) is 6.07 Å². The van der Waals surface area contributed by atoms with Gasteiger partial charge in [-0.05, 0) is 32.0 Å². The summed E-state index contributed by atoms with van der Waals surface area (Å²) in [5.74, 6) is -0.960. The third kappa shape index (κ3) is 1.97. The Morgan fingerprint density at radius 1 is 1.56 bits per heavy atom. The van der Waals surface area contributed by atoms with Crippen LogP contribution in [0.4, 0.5) is 11.4 Å². The molecule has 0 fully saturated rings. The van der Waals surface area contributed by atoms with Gasteiger partial charge >= 0.3 is 5.97 Å². The third-order valence-electron chi connectivity index (χ3n) is 3.13. The normalized spacial score (nSPS) is 14.4. The number of rotatable bonds is 2. The molecule has 0 atom stereocenters. The lowest BCUT2D eigenvalue weighted by molar-refractivity contribution is 0.0697.